The Morgan fingerprint density at radius 1 is 1.11 bits per heavy atom. The number of aryl methyl sites for hydroxylation is 2. The van der Waals surface area contributed by atoms with Gasteiger partial charge in [0.25, 0.3) is 11.5 Å². The first kappa shape index (κ1) is 24.9. The number of hydrogen-bond donors (Lipinski definition) is 3. The van der Waals surface area contributed by atoms with Crippen molar-refractivity contribution in [3.8, 4) is 11.6 Å². The van der Waals surface area contributed by atoms with Gasteiger partial charge in [0.1, 0.15) is 18.2 Å². The van der Waals surface area contributed by atoms with Crippen LogP contribution < -0.4 is 26.2 Å². The second kappa shape index (κ2) is 10.6. The normalized spacial score (nSPS) is 12.7. The Morgan fingerprint density at radius 2 is 1.89 bits per heavy atom. The predicted octanol–water partition coefficient (Wildman–Crippen LogP) is 2.89. The Balaban J connectivity index is 1.51. The molecule has 4 rings (SSSR count). The van der Waals surface area contributed by atoms with E-state index in [-0.39, 0.29) is 42.6 Å². The number of hydrogen-bond acceptors (Lipinski definition) is 5. The van der Waals surface area contributed by atoms with E-state index in [2.05, 4.69) is 20.9 Å². The third kappa shape index (κ3) is 5.88. The van der Waals surface area contributed by atoms with Gasteiger partial charge in [-0.3, -0.25) is 14.2 Å². The maximum Gasteiger partial charge on any atom is 0.315 e. The molecular formula is C26H28FN5O4. The summed E-state index contributed by atoms with van der Waals surface area (Å²) < 4.78 is 21.0. The molecule has 1 saturated carbocycles. The topological polar surface area (TPSA) is 114 Å². The molecule has 0 bridgehead atoms. The van der Waals surface area contributed by atoms with Gasteiger partial charge in [-0.2, -0.15) is 4.98 Å². The minimum Gasteiger partial charge on any atom is -0.473 e. The van der Waals surface area contributed by atoms with Crippen LogP contribution in [-0.2, 0) is 13.2 Å². The predicted molar refractivity (Wildman–Crippen MR) is 132 cm³/mol. The van der Waals surface area contributed by atoms with Gasteiger partial charge in [-0.05, 0) is 67.6 Å². The van der Waals surface area contributed by atoms with Crippen molar-refractivity contribution in [2.45, 2.75) is 45.9 Å². The van der Waals surface area contributed by atoms with E-state index in [1.54, 1.807) is 38.2 Å². The Bertz CT molecular complexity index is 1370. The standard InChI is InChI=1S/C26H28FN5O4/c1-15-4-5-17(25(34)28-3)11-22(15)32-16(2)30-23(12-24(32)33)36-14-18-6-7-20(27)10-19(18)13-29-26(35)31-21-8-9-21/h4-7,10-12,21H,8-9,13-14H2,1-3H3,(H,28,34)(H2,29,31,35). The van der Waals surface area contributed by atoms with Crippen molar-refractivity contribution >= 4 is 11.9 Å². The van der Waals surface area contributed by atoms with Crippen LogP contribution in [0.1, 0.15) is 45.7 Å². The molecule has 2 aromatic carbocycles. The zero-order valence-electron chi connectivity index (χ0n) is 20.4. The monoisotopic (exact) mass is 493 g/mol. The number of carbonyl (C=O) groups is 2. The Hall–Kier alpha value is -4.21. The van der Waals surface area contributed by atoms with Crippen molar-refractivity contribution in [1.29, 1.82) is 0 Å². The average Bonchev–Trinajstić information content (AvgIpc) is 3.66. The number of nitrogens with zero attached hydrogens (tertiary/aromatic N) is 2. The van der Waals surface area contributed by atoms with E-state index in [1.165, 1.54) is 22.8 Å². The van der Waals surface area contributed by atoms with E-state index >= 15 is 0 Å². The maximum absolute atomic E-state index is 13.8. The van der Waals surface area contributed by atoms with Crippen LogP contribution >= 0.6 is 0 Å². The summed E-state index contributed by atoms with van der Waals surface area (Å²) in [5.74, 6) is -0.190. The number of ether oxygens (including phenoxy) is 1. The van der Waals surface area contributed by atoms with Crippen LogP contribution in [0.3, 0.4) is 0 Å². The van der Waals surface area contributed by atoms with E-state index in [9.17, 15) is 18.8 Å². The van der Waals surface area contributed by atoms with Crippen molar-refractivity contribution in [2.75, 3.05) is 7.05 Å². The molecule has 0 unspecified atom stereocenters. The lowest BCUT2D eigenvalue weighted by molar-refractivity contribution is 0.0963. The van der Waals surface area contributed by atoms with Crippen molar-refractivity contribution in [3.63, 3.8) is 0 Å². The van der Waals surface area contributed by atoms with Crippen LogP contribution in [0.2, 0.25) is 0 Å². The smallest absolute Gasteiger partial charge is 0.315 e. The number of halogens is 1. The molecule has 1 fully saturated rings. The molecule has 9 nitrogen and oxygen atoms in total. The number of benzene rings is 2. The van der Waals surface area contributed by atoms with Gasteiger partial charge >= 0.3 is 6.03 Å². The van der Waals surface area contributed by atoms with Crippen molar-refractivity contribution < 1.29 is 18.7 Å². The summed E-state index contributed by atoms with van der Waals surface area (Å²) in [6, 6.07) is 10.5. The molecular weight excluding hydrogens is 465 g/mol. The highest BCUT2D eigenvalue weighted by Crippen LogP contribution is 2.20. The van der Waals surface area contributed by atoms with Gasteiger partial charge in [0, 0.05) is 25.2 Å². The fourth-order valence-electron chi connectivity index (χ4n) is 3.77. The van der Waals surface area contributed by atoms with Gasteiger partial charge in [0.15, 0.2) is 0 Å². The lowest BCUT2D eigenvalue weighted by Gasteiger charge is -2.15. The third-order valence-corrected chi connectivity index (χ3v) is 5.90. The van der Waals surface area contributed by atoms with Crippen LogP contribution in [0, 0.1) is 19.7 Å². The van der Waals surface area contributed by atoms with Gasteiger partial charge < -0.3 is 20.7 Å². The summed E-state index contributed by atoms with van der Waals surface area (Å²) in [6.07, 6.45) is 1.94. The summed E-state index contributed by atoms with van der Waals surface area (Å²) in [4.78, 5) is 41.4. The largest absolute Gasteiger partial charge is 0.473 e. The zero-order chi connectivity index (χ0) is 25.8. The lowest BCUT2D eigenvalue weighted by Crippen LogP contribution is -2.36. The highest BCUT2D eigenvalue weighted by Gasteiger charge is 2.23. The molecule has 3 aromatic rings. The molecule has 0 saturated heterocycles. The fraction of sp³-hybridized carbons (Fsp3) is 0.308. The van der Waals surface area contributed by atoms with Crippen molar-refractivity contribution in [3.05, 3.63) is 86.7 Å². The minimum absolute atomic E-state index is 0.0304. The van der Waals surface area contributed by atoms with Crippen LogP contribution in [-0.4, -0.2) is 34.6 Å². The molecule has 0 spiro atoms. The molecule has 0 radical (unpaired) electrons. The van der Waals surface area contributed by atoms with Crippen molar-refractivity contribution in [2.24, 2.45) is 0 Å². The molecule has 188 valence electrons. The summed E-state index contributed by atoms with van der Waals surface area (Å²) in [7, 11) is 1.54. The molecule has 1 aliphatic carbocycles. The maximum atomic E-state index is 13.8. The second-order valence-electron chi connectivity index (χ2n) is 8.70. The highest BCUT2D eigenvalue weighted by atomic mass is 19.1. The number of nitrogens with one attached hydrogen (secondary N) is 3. The summed E-state index contributed by atoms with van der Waals surface area (Å²) >= 11 is 0. The first-order valence-corrected chi connectivity index (χ1v) is 11.6. The Kier molecular flexibility index (Phi) is 7.33. The van der Waals surface area contributed by atoms with E-state index in [0.29, 0.717) is 28.2 Å². The number of rotatable bonds is 8. The molecule has 1 aliphatic rings. The molecule has 0 atom stereocenters. The second-order valence-corrected chi connectivity index (χ2v) is 8.70. The van der Waals surface area contributed by atoms with Gasteiger partial charge in [-0.15, -0.1) is 0 Å². The number of carbonyl (C=O) groups excluding carboxylic acids is 2. The zero-order valence-corrected chi connectivity index (χ0v) is 20.4. The van der Waals surface area contributed by atoms with Gasteiger partial charge in [0.05, 0.1) is 11.8 Å². The molecule has 3 amide bonds. The average molecular weight is 494 g/mol. The Morgan fingerprint density at radius 3 is 2.58 bits per heavy atom. The molecule has 1 aromatic heterocycles. The lowest BCUT2D eigenvalue weighted by atomic mass is 10.1. The molecule has 1 heterocycles. The number of amides is 3. The number of urea groups is 1. The van der Waals surface area contributed by atoms with E-state index in [0.717, 1.165) is 18.4 Å². The first-order chi connectivity index (χ1) is 17.2. The quantitative estimate of drug-likeness (QED) is 0.447. The van der Waals surface area contributed by atoms with Gasteiger partial charge in [0.2, 0.25) is 5.88 Å². The first-order valence-electron chi connectivity index (χ1n) is 11.6. The van der Waals surface area contributed by atoms with Gasteiger partial charge in [-0.25, -0.2) is 9.18 Å². The highest BCUT2D eigenvalue weighted by molar-refractivity contribution is 5.94. The van der Waals surface area contributed by atoms with Crippen LogP contribution in [0.5, 0.6) is 5.88 Å². The van der Waals surface area contributed by atoms with Crippen molar-refractivity contribution in [1.82, 2.24) is 25.5 Å². The van der Waals surface area contributed by atoms with E-state index < -0.39 is 5.82 Å². The summed E-state index contributed by atoms with van der Waals surface area (Å²) in [5, 5.41) is 8.12. The van der Waals surface area contributed by atoms with E-state index in [4.69, 9.17) is 4.74 Å². The Labute approximate surface area is 207 Å². The fourth-order valence-corrected chi connectivity index (χ4v) is 3.77. The molecule has 36 heavy (non-hydrogen) atoms. The molecule has 0 aliphatic heterocycles. The van der Waals surface area contributed by atoms with Crippen LogP contribution in [0.4, 0.5) is 9.18 Å². The van der Waals surface area contributed by atoms with Crippen LogP contribution in [0.15, 0.2) is 47.3 Å². The number of aromatic nitrogens is 2. The SMILES string of the molecule is CNC(=O)c1ccc(C)c(-n2c(C)nc(OCc3ccc(F)cc3CNC(=O)NC3CC3)cc2=O)c1. The summed E-state index contributed by atoms with van der Waals surface area (Å²) in [5.41, 5.74) is 2.63. The third-order valence-electron chi connectivity index (χ3n) is 5.90. The molecule has 3 N–H and O–H groups in total. The van der Waals surface area contributed by atoms with E-state index in [1.807, 2.05) is 6.92 Å². The minimum atomic E-state index is -0.427. The summed E-state index contributed by atoms with van der Waals surface area (Å²) in [6.45, 7) is 3.67. The van der Waals surface area contributed by atoms with Gasteiger partial charge in [-0.1, -0.05) is 12.1 Å². The van der Waals surface area contributed by atoms with Crippen LogP contribution in [0.25, 0.3) is 5.69 Å². The molecule has 10 heteroatoms.